The van der Waals surface area contributed by atoms with Crippen LogP contribution in [-0.2, 0) is 4.79 Å². The fourth-order valence-corrected chi connectivity index (χ4v) is 3.33. The molecule has 0 saturated carbocycles. The lowest BCUT2D eigenvalue weighted by Crippen LogP contribution is -2.36. The highest BCUT2D eigenvalue weighted by molar-refractivity contribution is 7.10. The lowest BCUT2D eigenvalue weighted by atomic mass is 10.1. The Morgan fingerprint density at radius 1 is 0.964 bits per heavy atom. The molecule has 0 saturated heterocycles. The number of carbonyl (C=O) groups excluding carboxylic acids is 2. The maximum Gasteiger partial charge on any atom is 0.268 e. The van der Waals surface area contributed by atoms with Crippen molar-refractivity contribution in [3.63, 3.8) is 0 Å². The van der Waals surface area contributed by atoms with Gasteiger partial charge in [-0.2, -0.15) is 0 Å². The second-order valence-electron chi connectivity index (χ2n) is 6.50. The minimum atomic E-state index is -0.329. The quantitative estimate of drug-likeness (QED) is 0.599. The Kier molecular flexibility index (Phi) is 6.40. The van der Waals surface area contributed by atoms with Crippen LogP contribution in [0.5, 0.6) is 0 Å². The first-order valence-electron chi connectivity index (χ1n) is 9.02. The van der Waals surface area contributed by atoms with Gasteiger partial charge in [-0.25, -0.2) is 0 Å². The lowest BCUT2D eigenvalue weighted by Gasteiger charge is -2.16. The highest BCUT2D eigenvalue weighted by Gasteiger charge is 2.17. The van der Waals surface area contributed by atoms with Crippen LogP contribution in [-0.4, -0.2) is 11.8 Å². The largest absolute Gasteiger partial charge is 0.344 e. The van der Waals surface area contributed by atoms with Crippen LogP contribution in [0.4, 0.5) is 0 Å². The molecule has 0 spiro atoms. The molecule has 1 atom stereocenters. The van der Waals surface area contributed by atoms with Crippen LogP contribution in [0.3, 0.4) is 0 Å². The Hall–Kier alpha value is -3.18. The van der Waals surface area contributed by atoms with E-state index in [0.717, 1.165) is 16.0 Å². The zero-order valence-corrected chi connectivity index (χ0v) is 16.6. The molecule has 28 heavy (non-hydrogen) atoms. The minimum Gasteiger partial charge on any atom is -0.344 e. The monoisotopic (exact) mass is 390 g/mol. The Morgan fingerprint density at radius 2 is 1.68 bits per heavy atom. The highest BCUT2D eigenvalue weighted by atomic mass is 32.1. The molecular formula is C23H22N2O2S. The van der Waals surface area contributed by atoms with Crippen molar-refractivity contribution in [2.45, 2.75) is 19.9 Å². The third-order valence-electron chi connectivity index (χ3n) is 4.28. The maximum absolute atomic E-state index is 12.9. The van der Waals surface area contributed by atoms with Gasteiger partial charge in [-0.1, -0.05) is 54.1 Å². The molecule has 1 heterocycles. The zero-order chi connectivity index (χ0) is 19.9. The molecule has 0 aliphatic heterocycles. The van der Waals surface area contributed by atoms with Crippen LogP contribution in [0.15, 0.2) is 77.8 Å². The zero-order valence-electron chi connectivity index (χ0n) is 15.8. The van der Waals surface area contributed by atoms with Crippen LogP contribution >= 0.6 is 11.3 Å². The topological polar surface area (TPSA) is 58.2 Å². The molecule has 5 heteroatoms. The van der Waals surface area contributed by atoms with E-state index in [0.29, 0.717) is 5.56 Å². The van der Waals surface area contributed by atoms with Gasteiger partial charge in [0.1, 0.15) is 5.70 Å². The number of hydrogen-bond donors (Lipinski definition) is 2. The van der Waals surface area contributed by atoms with E-state index in [4.69, 9.17) is 0 Å². The fraction of sp³-hybridized carbons (Fsp3) is 0.130. The fourth-order valence-electron chi connectivity index (χ4n) is 2.67. The Labute approximate surface area is 168 Å². The van der Waals surface area contributed by atoms with E-state index >= 15 is 0 Å². The van der Waals surface area contributed by atoms with Gasteiger partial charge in [-0.15, -0.1) is 11.3 Å². The van der Waals surface area contributed by atoms with Crippen molar-refractivity contribution in [2.24, 2.45) is 0 Å². The second-order valence-corrected chi connectivity index (χ2v) is 7.48. The first kappa shape index (κ1) is 19.6. The molecule has 0 aliphatic rings. The molecule has 4 nitrogen and oxygen atoms in total. The van der Waals surface area contributed by atoms with Gasteiger partial charge in [0, 0.05) is 10.4 Å². The van der Waals surface area contributed by atoms with E-state index in [1.807, 2.05) is 73.8 Å². The Morgan fingerprint density at radius 3 is 2.32 bits per heavy atom. The van der Waals surface area contributed by atoms with E-state index in [2.05, 4.69) is 10.6 Å². The number of thiophene rings is 1. The van der Waals surface area contributed by atoms with Crippen molar-refractivity contribution in [1.82, 2.24) is 10.6 Å². The van der Waals surface area contributed by atoms with Gasteiger partial charge < -0.3 is 10.6 Å². The summed E-state index contributed by atoms with van der Waals surface area (Å²) >= 11 is 1.50. The lowest BCUT2D eigenvalue weighted by molar-refractivity contribution is -0.118. The molecule has 0 aliphatic carbocycles. The van der Waals surface area contributed by atoms with Crippen LogP contribution < -0.4 is 10.6 Å². The number of aryl methyl sites for hydroxylation is 1. The summed E-state index contributed by atoms with van der Waals surface area (Å²) in [7, 11) is 0. The number of hydrogen-bond acceptors (Lipinski definition) is 3. The van der Waals surface area contributed by atoms with Crippen LogP contribution in [0.2, 0.25) is 0 Å². The molecular weight excluding hydrogens is 368 g/mol. The first-order valence-corrected chi connectivity index (χ1v) is 9.90. The minimum absolute atomic E-state index is 0.184. The van der Waals surface area contributed by atoms with Crippen LogP contribution in [0, 0.1) is 6.92 Å². The predicted molar refractivity (Wildman–Crippen MR) is 114 cm³/mol. The van der Waals surface area contributed by atoms with E-state index < -0.39 is 0 Å². The smallest absolute Gasteiger partial charge is 0.268 e. The summed E-state index contributed by atoms with van der Waals surface area (Å²) in [5.41, 5.74) is 2.79. The molecule has 0 bridgehead atoms. The molecule has 0 unspecified atom stereocenters. The average molecular weight is 391 g/mol. The molecule has 2 aromatic carbocycles. The van der Waals surface area contributed by atoms with Crippen molar-refractivity contribution in [2.75, 3.05) is 0 Å². The Balaban J connectivity index is 1.79. The second kappa shape index (κ2) is 9.15. The molecule has 0 radical (unpaired) electrons. The van der Waals surface area contributed by atoms with Gasteiger partial charge in [-0.05, 0) is 49.1 Å². The number of nitrogens with one attached hydrogen (secondary N) is 2. The molecule has 2 amide bonds. The van der Waals surface area contributed by atoms with Crippen molar-refractivity contribution in [3.8, 4) is 0 Å². The van der Waals surface area contributed by atoms with Crippen molar-refractivity contribution in [3.05, 3.63) is 99.4 Å². The van der Waals surface area contributed by atoms with Gasteiger partial charge in [0.2, 0.25) is 0 Å². The van der Waals surface area contributed by atoms with Crippen LogP contribution in [0.1, 0.15) is 39.3 Å². The van der Waals surface area contributed by atoms with Crippen molar-refractivity contribution < 1.29 is 9.59 Å². The molecule has 0 fully saturated rings. The maximum atomic E-state index is 12.9. The van der Waals surface area contributed by atoms with E-state index in [1.54, 1.807) is 18.2 Å². The first-order chi connectivity index (χ1) is 13.5. The molecule has 142 valence electrons. The SMILES string of the molecule is Cc1ccc(C(=O)N/C(=C\c2cccs2)C(=O)N[C@@H](C)c2ccccc2)cc1. The normalized spacial score (nSPS) is 12.3. The standard InChI is InChI=1S/C23H22N2O2S/c1-16-10-12-19(13-11-16)22(26)25-21(15-20-9-6-14-28-20)23(27)24-17(2)18-7-4-3-5-8-18/h3-15,17H,1-2H3,(H,24,27)(H,25,26)/b21-15-/t17-/m0/s1. The third kappa shape index (κ3) is 5.18. The summed E-state index contributed by atoms with van der Waals surface area (Å²) < 4.78 is 0. The van der Waals surface area contributed by atoms with Crippen molar-refractivity contribution >= 4 is 29.2 Å². The summed E-state index contributed by atoms with van der Waals surface area (Å²) in [6.07, 6.45) is 1.70. The summed E-state index contributed by atoms with van der Waals surface area (Å²) in [5.74, 6) is -0.643. The van der Waals surface area contributed by atoms with Gasteiger partial charge in [0.05, 0.1) is 6.04 Å². The average Bonchev–Trinajstić information content (AvgIpc) is 3.21. The molecule has 3 rings (SSSR count). The number of benzene rings is 2. The van der Waals surface area contributed by atoms with Gasteiger partial charge in [0.25, 0.3) is 11.8 Å². The van der Waals surface area contributed by atoms with Crippen LogP contribution in [0.25, 0.3) is 6.08 Å². The number of carbonyl (C=O) groups is 2. The van der Waals surface area contributed by atoms with Gasteiger partial charge in [-0.3, -0.25) is 9.59 Å². The summed E-state index contributed by atoms with van der Waals surface area (Å²) in [5, 5.41) is 7.65. The van der Waals surface area contributed by atoms with Crippen molar-refractivity contribution in [1.29, 1.82) is 0 Å². The van der Waals surface area contributed by atoms with Gasteiger partial charge in [0.15, 0.2) is 0 Å². The summed E-state index contributed by atoms with van der Waals surface area (Å²) in [6.45, 7) is 3.88. The summed E-state index contributed by atoms with van der Waals surface area (Å²) in [4.78, 5) is 26.4. The summed E-state index contributed by atoms with van der Waals surface area (Å²) in [6, 6.07) is 20.6. The third-order valence-corrected chi connectivity index (χ3v) is 5.10. The molecule has 2 N–H and O–H groups in total. The highest BCUT2D eigenvalue weighted by Crippen LogP contribution is 2.16. The van der Waals surface area contributed by atoms with E-state index in [-0.39, 0.29) is 23.6 Å². The molecule has 3 aromatic rings. The number of amides is 2. The van der Waals surface area contributed by atoms with E-state index in [9.17, 15) is 9.59 Å². The molecule has 1 aromatic heterocycles. The Bertz CT molecular complexity index is 962. The predicted octanol–water partition coefficient (Wildman–Crippen LogP) is 4.70. The number of rotatable bonds is 6. The van der Waals surface area contributed by atoms with Gasteiger partial charge >= 0.3 is 0 Å². The van der Waals surface area contributed by atoms with E-state index in [1.165, 1.54) is 11.3 Å².